The molecule has 3 aromatic rings. The summed E-state index contributed by atoms with van der Waals surface area (Å²) in [6.45, 7) is 0. The van der Waals surface area contributed by atoms with Gasteiger partial charge in [-0.05, 0) is 29.8 Å². The minimum absolute atomic E-state index is 0.000743. The second-order valence-electron chi connectivity index (χ2n) is 6.36. The highest BCUT2D eigenvalue weighted by Gasteiger charge is 2.30. The molecule has 6 heteroatoms. The van der Waals surface area contributed by atoms with Gasteiger partial charge in [0, 0.05) is 22.9 Å². The molecule has 2 atom stereocenters. The lowest BCUT2D eigenvalue weighted by atomic mass is 10.0. The largest absolute Gasteiger partial charge is 0.452 e. The van der Waals surface area contributed by atoms with Gasteiger partial charge in [0.05, 0.1) is 17.4 Å². The predicted octanol–water partition coefficient (Wildman–Crippen LogP) is 4.22. The number of pyridine rings is 1. The summed E-state index contributed by atoms with van der Waals surface area (Å²) >= 11 is 1.39. The second kappa shape index (κ2) is 8.27. The fraction of sp³-hybridized carbons (Fsp3) is 0.136. The van der Waals surface area contributed by atoms with Crippen LogP contribution in [-0.2, 0) is 14.3 Å². The molecule has 5 nitrogen and oxygen atoms in total. The number of benzene rings is 2. The van der Waals surface area contributed by atoms with E-state index < -0.39 is 17.3 Å². The number of thioether (sulfide) groups is 1. The SMILES string of the molecule is O=C(C[C@@H]1Sc2ccccc2NC1=O)O[C@H](c1ccccc1)c1ccncc1. The van der Waals surface area contributed by atoms with Gasteiger partial charge in [0.1, 0.15) is 0 Å². The average molecular weight is 390 g/mol. The first-order valence-electron chi connectivity index (χ1n) is 8.91. The van der Waals surface area contributed by atoms with E-state index in [0.717, 1.165) is 21.7 Å². The Labute approximate surface area is 167 Å². The first-order valence-corrected chi connectivity index (χ1v) is 9.79. The van der Waals surface area contributed by atoms with Gasteiger partial charge in [-0.1, -0.05) is 42.5 Å². The fourth-order valence-electron chi connectivity index (χ4n) is 3.05. The van der Waals surface area contributed by atoms with Crippen LogP contribution in [0.5, 0.6) is 0 Å². The number of hydrogen-bond acceptors (Lipinski definition) is 5. The van der Waals surface area contributed by atoms with E-state index in [2.05, 4.69) is 10.3 Å². The normalized spacial score (nSPS) is 16.6. The van der Waals surface area contributed by atoms with Crippen molar-refractivity contribution in [2.24, 2.45) is 0 Å². The summed E-state index contributed by atoms with van der Waals surface area (Å²) in [5, 5.41) is 2.34. The van der Waals surface area contributed by atoms with Crippen molar-refractivity contribution in [1.82, 2.24) is 4.98 Å². The third-order valence-corrected chi connectivity index (χ3v) is 5.69. The lowest BCUT2D eigenvalue weighted by Gasteiger charge is -2.24. The van der Waals surface area contributed by atoms with Crippen molar-refractivity contribution in [3.63, 3.8) is 0 Å². The number of esters is 1. The lowest BCUT2D eigenvalue weighted by molar-refractivity contribution is -0.148. The molecule has 1 aliphatic heterocycles. The number of hydrogen-bond donors (Lipinski definition) is 1. The number of nitrogens with zero attached hydrogens (tertiary/aromatic N) is 1. The molecule has 0 spiro atoms. The van der Waals surface area contributed by atoms with Gasteiger partial charge in [-0.2, -0.15) is 0 Å². The van der Waals surface area contributed by atoms with Crippen LogP contribution < -0.4 is 5.32 Å². The van der Waals surface area contributed by atoms with Gasteiger partial charge in [0.15, 0.2) is 6.10 Å². The predicted molar refractivity (Wildman–Crippen MR) is 108 cm³/mol. The van der Waals surface area contributed by atoms with Crippen molar-refractivity contribution >= 4 is 29.3 Å². The van der Waals surface area contributed by atoms with Gasteiger partial charge in [-0.15, -0.1) is 11.8 Å². The molecule has 1 N–H and O–H groups in total. The molecule has 0 radical (unpaired) electrons. The zero-order valence-electron chi connectivity index (χ0n) is 14.9. The van der Waals surface area contributed by atoms with E-state index in [0.29, 0.717) is 0 Å². The Hall–Kier alpha value is -3.12. The van der Waals surface area contributed by atoms with E-state index in [4.69, 9.17) is 4.74 Å². The van der Waals surface area contributed by atoms with Crippen molar-refractivity contribution in [2.75, 3.05) is 5.32 Å². The van der Waals surface area contributed by atoms with E-state index in [9.17, 15) is 9.59 Å². The zero-order valence-corrected chi connectivity index (χ0v) is 15.8. The molecule has 0 bridgehead atoms. The number of fused-ring (bicyclic) bond motifs is 1. The van der Waals surface area contributed by atoms with Crippen LogP contribution >= 0.6 is 11.8 Å². The minimum Gasteiger partial charge on any atom is -0.452 e. The van der Waals surface area contributed by atoms with Gasteiger partial charge in [-0.3, -0.25) is 14.6 Å². The number of aromatic nitrogens is 1. The molecule has 1 amide bonds. The maximum absolute atomic E-state index is 12.7. The highest BCUT2D eigenvalue weighted by atomic mass is 32.2. The van der Waals surface area contributed by atoms with Gasteiger partial charge in [0.2, 0.25) is 5.91 Å². The first-order chi connectivity index (χ1) is 13.7. The molecule has 0 saturated heterocycles. The molecular weight excluding hydrogens is 372 g/mol. The molecule has 1 aromatic heterocycles. The van der Waals surface area contributed by atoms with Gasteiger partial charge >= 0.3 is 5.97 Å². The third kappa shape index (κ3) is 4.07. The topological polar surface area (TPSA) is 68.3 Å². The standard InChI is InChI=1S/C22H18N2O3S/c25-20(14-19-22(26)24-17-8-4-5-9-18(17)28-19)27-21(15-6-2-1-3-7-15)16-10-12-23-13-11-16/h1-13,19,21H,14H2,(H,24,26)/t19-,21+/m0/s1. The number of ether oxygens (including phenoxy) is 1. The summed E-state index contributed by atoms with van der Waals surface area (Å²) in [5.41, 5.74) is 2.48. The Morgan fingerprint density at radius 2 is 1.68 bits per heavy atom. The van der Waals surface area contributed by atoms with Crippen LogP contribution in [0.3, 0.4) is 0 Å². The summed E-state index contributed by atoms with van der Waals surface area (Å²) in [6.07, 6.45) is 2.79. The molecule has 140 valence electrons. The Bertz CT molecular complexity index is 940. The zero-order chi connectivity index (χ0) is 19.3. The average Bonchev–Trinajstić information content (AvgIpc) is 2.74. The highest BCUT2D eigenvalue weighted by Crippen LogP contribution is 2.37. The fourth-order valence-corrected chi connectivity index (χ4v) is 4.15. The summed E-state index contributed by atoms with van der Waals surface area (Å²) in [4.78, 5) is 30.0. The maximum Gasteiger partial charge on any atom is 0.308 e. The molecule has 0 fully saturated rings. The number of carbonyl (C=O) groups is 2. The first kappa shape index (κ1) is 18.3. The van der Waals surface area contributed by atoms with Gasteiger partial charge in [-0.25, -0.2) is 0 Å². The van der Waals surface area contributed by atoms with Crippen molar-refractivity contribution in [3.05, 3.63) is 90.3 Å². The Kier molecular flexibility index (Phi) is 5.39. The Morgan fingerprint density at radius 1 is 1.00 bits per heavy atom. The second-order valence-corrected chi connectivity index (χ2v) is 7.60. The van der Waals surface area contributed by atoms with Crippen LogP contribution in [0.1, 0.15) is 23.7 Å². The third-order valence-electron chi connectivity index (χ3n) is 4.42. The van der Waals surface area contributed by atoms with E-state index in [1.807, 2.05) is 66.7 Å². The molecule has 0 aliphatic carbocycles. The van der Waals surface area contributed by atoms with Crippen LogP contribution in [0.25, 0.3) is 0 Å². The molecule has 28 heavy (non-hydrogen) atoms. The van der Waals surface area contributed by atoms with Crippen LogP contribution in [0.4, 0.5) is 5.69 Å². The minimum atomic E-state index is -0.541. The van der Waals surface area contributed by atoms with Crippen LogP contribution in [0.15, 0.2) is 84.0 Å². The molecule has 0 unspecified atom stereocenters. The number of amides is 1. The molecule has 0 saturated carbocycles. The van der Waals surface area contributed by atoms with E-state index >= 15 is 0 Å². The lowest BCUT2D eigenvalue weighted by Crippen LogP contribution is -2.31. The van der Waals surface area contributed by atoms with E-state index in [1.165, 1.54) is 11.8 Å². The summed E-state index contributed by atoms with van der Waals surface area (Å²) < 4.78 is 5.80. The number of anilines is 1. The number of para-hydroxylation sites is 1. The van der Waals surface area contributed by atoms with Crippen LogP contribution in [-0.4, -0.2) is 22.1 Å². The Balaban J connectivity index is 1.50. The number of nitrogens with one attached hydrogen (secondary N) is 1. The molecule has 4 rings (SSSR count). The summed E-state index contributed by atoms with van der Waals surface area (Å²) in [6, 6.07) is 20.7. The van der Waals surface area contributed by atoms with Crippen molar-refractivity contribution in [2.45, 2.75) is 22.7 Å². The smallest absolute Gasteiger partial charge is 0.308 e. The van der Waals surface area contributed by atoms with Gasteiger partial charge < -0.3 is 10.1 Å². The van der Waals surface area contributed by atoms with Crippen LogP contribution in [0.2, 0.25) is 0 Å². The van der Waals surface area contributed by atoms with Crippen molar-refractivity contribution in [1.29, 1.82) is 0 Å². The highest BCUT2D eigenvalue weighted by molar-refractivity contribution is 8.01. The van der Waals surface area contributed by atoms with Crippen molar-refractivity contribution < 1.29 is 14.3 Å². The van der Waals surface area contributed by atoms with Crippen LogP contribution in [0, 0.1) is 0 Å². The van der Waals surface area contributed by atoms with E-state index in [-0.39, 0.29) is 12.3 Å². The molecule has 2 heterocycles. The molecule has 1 aliphatic rings. The monoisotopic (exact) mass is 390 g/mol. The molecule has 2 aromatic carbocycles. The quantitative estimate of drug-likeness (QED) is 0.661. The summed E-state index contributed by atoms with van der Waals surface area (Å²) in [7, 11) is 0. The number of carbonyl (C=O) groups excluding carboxylic acids is 2. The Morgan fingerprint density at radius 3 is 2.46 bits per heavy atom. The van der Waals surface area contributed by atoms with Gasteiger partial charge in [0.25, 0.3) is 0 Å². The number of rotatable bonds is 5. The maximum atomic E-state index is 12.7. The van der Waals surface area contributed by atoms with Crippen molar-refractivity contribution in [3.8, 4) is 0 Å². The molecular formula is C22H18N2O3S. The van der Waals surface area contributed by atoms with E-state index in [1.54, 1.807) is 12.4 Å². The summed E-state index contributed by atoms with van der Waals surface area (Å²) in [5.74, 6) is -0.599.